The molecule has 0 amide bonds. The molecule has 0 spiro atoms. The van der Waals surface area contributed by atoms with Gasteiger partial charge in [0.05, 0.1) is 10.7 Å². The van der Waals surface area contributed by atoms with Crippen LogP contribution >= 0.6 is 15.9 Å². The Bertz CT molecular complexity index is 694. The highest BCUT2D eigenvalue weighted by Crippen LogP contribution is 2.25. The molecule has 1 aromatic heterocycles. The van der Waals surface area contributed by atoms with Crippen LogP contribution in [0.3, 0.4) is 0 Å². The Morgan fingerprint density at radius 2 is 1.75 bits per heavy atom. The van der Waals surface area contributed by atoms with Crippen molar-refractivity contribution in [2.75, 3.05) is 0 Å². The first kappa shape index (κ1) is 12.9. The van der Waals surface area contributed by atoms with E-state index in [1.807, 2.05) is 54.6 Å². The van der Waals surface area contributed by atoms with Gasteiger partial charge in [-0.1, -0.05) is 42.5 Å². The first-order chi connectivity index (χ1) is 9.83. The number of halogens is 1. The van der Waals surface area contributed by atoms with E-state index in [1.54, 1.807) is 6.20 Å². The van der Waals surface area contributed by atoms with Gasteiger partial charge >= 0.3 is 0 Å². The van der Waals surface area contributed by atoms with Gasteiger partial charge in [0.1, 0.15) is 5.75 Å². The molecule has 0 N–H and O–H groups in total. The lowest BCUT2D eigenvalue weighted by atomic mass is 10.2. The summed E-state index contributed by atoms with van der Waals surface area (Å²) in [4.78, 5) is 4.23. The van der Waals surface area contributed by atoms with E-state index >= 15 is 0 Å². The molecule has 0 saturated carbocycles. The van der Waals surface area contributed by atoms with Crippen molar-refractivity contribution in [3.05, 3.63) is 71.2 Å². The number of para-hydroxylation sites is 1. The number of hydrogen-bond donors (Lipinski definition) is 0. The van der Waals surface area contributed by atoms with Crippen LogP contribution in [-0.4, -0.2) is 4.98 Å². The number of aromatic nitrogens is 1. The summed E-state index contributed by atoms with van der Waals surface area (Å²) in [5, 5.41) is 0. The lowest BCUT2D eigenvalue weighted by Crippen LogP contribution is -1.95. The first-order valence-corrected chi connectivity index (χ1v) is 7.00. The highest BCUT2D eigenvalue weighted by molar-refractivity contribution is 9.10. The molecule has 0 fully saturated rings. The lowest BCUT2D eigenvalue weighted by Gasteiger charge is -2.05. The number of nitrogens with zero attached hydrogens (tertiary/aromatic N) is 1. The van der Waals surface area contributed by atoms with Gasteiger partial charge in [0.25, 0.3) is 0 Å². The highest BCUT2D eigenvalue weighted by Gasteiger charge is 2.07. The Labute approximate surface area is 125 Å². The van der Waals surface area contributed by atoms with Crippen LogP contribution in [0, 0.1) is 0 Å². The molecule has 2 aromatic carbocycles. The zero-order chi connectivity index (χ0) is 13.8. The van der Waals surface area contributed by atoms with Crippen LogP contribution in [0.25, 0.3) is 11.3 Å². The van der Waals surface area contributed by atoms with Gasteiger partial charge in [-0.25, -0.2) is 4.98 Å². The number of rotatable bonds is 4. The standard InChI is InChI=1S/C16H12BrNO2/c17-13-8-4-5-9-14(13)19-11-16-18-10-15(20-16)12-6-2-1-3-7-12/h1-10H,11H2. The quantitative estimate of drug-likeness (QED) is 0.696. The maximum absolute atomic E-state index is 5.68. The summed E-state index contributed by atoms with van der Waals surface area (Å²) in [6.07, 6.45) is 1.72. The molecular formula is C16H12BrNO2. The van der Waals surface area contributed by atoms with Gasteiger partial charge in [0, 0.05) is 5.56 Å². The minimum atomic E-state index is 0.301. The molecule has 0 bridgehead atoms. The third-order valence-corrected chi connectivity index (χ3v) is 3.45. The molecule has 3 rings (SSSR count). The Morgan fingerprint density at radius 1 is 1.00 bits per heavy atom. The van der Waals surface area contributed by atoms with Gasteiger partial charge in [0.15, 0.2) is 12.4 Å². The second-order valence-corrected chi connectivity index (χ2v) is 5.06. The largest absolute Gasteiger partial charge is 0.483 e. The second-order valence-electron chi connectivity index (χ2n) is 4.20. The third kappa shape index (κ3) is 2.91. The Balaban J connectivity index is 1.71. The second kappa shape index (κ2) is 5.92. The third-order valence-electron chi connectivity index (χ3n) is 2.80. The monoisotopic (exact) mass is 329 g/mol. The van der Waals surface area contributed by atoms with E-state index < -0.39 is 0 Å². The molecular weight excluding hydrogens is 318 g/mol. The summed E-state index contributed by atoms with van der Waals surface area (Å²) in [5.41, 5.74) is 1.01. The maximum atomic E-state index is 5.68. The van der Waals surface area contributed by atoms with E-state index in [0.29, 0.717) is 12.5 Å². The van der Waals surface area contributed by atoms with Crippen LogP contribution in [-0.2, 0) is 6.61 Å². The van der Waals surface area contributed by atoms with Crippen molar-refractivity contribution in [3.8, 4) is 17.1 Å². The predicted molar refractivity (Wildman–Crippen MR) is 80.4 cm³/mol. The molecule has 0 unspecified atom stereocenters. The van der Waals surface area contributed by atoms with E-state index in [4.69, 9.17) is 9.15 Å². The topological polar surface area (TPSA) is 35.3 Å². The summed E-state index contributed by atoms with van der Waals surface area (Å²) in [5.74, 6) is 2.07. The average molecular weight is 330 g/mol. The fourth-order valence-electron chi connectivity index (χ4n) is 1.81. The fraction of sp³-hybridized carbons (Fsp3) is 0.0625. The summed E-state index contributed by atoms with van der Waals surface area (Å²) >= 11 is 3.44. The Hall–Kier alpha value is -2.07. The molecule has 0 saturated heterocycles. The van der Waals surface area contributed by atoms with Crippen LogP contribution in [0.1, 0.15) is 5.89 Å². The minimum absolute atomic E-state index is 0.301. The van der Waals surface area contributed by atoms with Gasteiger partial charge in [-0.2, -0.15) is 0 Å². The average Bonchev–Trinajstić information content (AvgIpc) is 2.96. The summed E-state index contributed by atoms with van der Waals surface area (Å²) < 4.78 is 12.3. The molecule has 0 aliphatic heterocycles. The Morgan fingerprint density at radius 3 is 2.55 bits per heavy atom. The zero-order valence-corrected chi connectivity index (χ0v) is 12.2. The van der Waals surface area contributed by atoms with Crippen LogP contribution in [0.4, 0.5) is 0 Å². The van der Waals surface area contributed by atoms with Crippen LogP contribution in [0.2, 0.25) is 0 Å². The molecule has 3 aromatic rings. The van der Waals surface area contributed by atoms with Gasteiger partial charge in [-0.05, 0) is 28.1 Å². The van der Waals surface area contributed by atoms with Crippen LogP contribution < -0.4 is 4.74 Å². The number of benzene rings is 2. The highest BCUT2D eigenvalue weighted by atomic mass is 79.9. The van der Waals surface area contributed by atoms with E-state index in [9.17, 15) is 0 Å². The minimum Gasteiger partial charge on any atom is -0.483 e. The van der Waals surface area contributed by atoms with Crippen molar-refractivity contribution in [3.63, 3.8) is 0 Å². The van der Waals surface area contributed by atoms with E-state index in [0.717, 1.165) is 21.5 Å². The number of ether oxygens (including phenoxy) is 1. The van der Waals surface area contributed by atoms with Crippen LogP contribution in [0.15, 0.2) is 69.7 Å². The molecule has 100 valence electrons. The molecule has 4 heteroatoms. The fourth-order valence-corrected chi connectivity index (χ4v) is 2.21. The number of hydrogen-bond acceptors (Lipinski definition) is 3. The van der Waals surface area contributed by atoms with Gasteiger partial charge in [0.2, 0.25) is 5.89 Å². The summed E-state index contributed by atoms with van der Waals surface area (Å²) in [7, 11) is 0. The molecule has 0 radical (unpaired) electrons. The lowest BCUT2D eigenvalue weighted by molar-refractivity contribution is 0.263. The summed E-state index contributed by atoms with van der Waals surface area (Å²) in [6, 6.07) is 17.6. The van der Waals surface area contributed by atoms with E-state index in [1.165, 1.54) is 0 Å². The van der Waals surface area contributed by atoms with Crippen molar-refractivity contribution in [2.24, 2.45) is 0 Å². The molecule has 0 aliphatic rings. The van der Waals surface area contributed by atoms with Crippen molar-refractivity contribution in [2.45, 2.75) is 6.61 Å². The predicted octanol–water partition coefficient (Wildman–Crippen LogP) is 4.68. The first-order valence-electron chi connectivity index (χ1n) is 6.20. The van der Waals surface area contributed by atoms with Gasteiger partial charge in [-0.3, -0.25) is 0 Å². The van der Waals surface area contributed by atoms with Crippen molar-refractivity contribution in [1.29, 1.82) is 0 Å². The van der Waals surface area contributed by atoms with E-state index in [2.05, 4.69) is 20.9 Å². The Kier molecular flexibility index (Phi) is 3.83. The van der Waals surface area contributed by atoms with Gasteiger partial charge in [-0.15, -0.1) is 0 Å². The van der Waals surface area contributed by atoms with Crippen LogP contribution in [0.5, 0.6) is 5.75 Å². The molecule has 3 nitrogen and oxygen atoms in total. The molecule has 1 heterocycles. The maximum Gasteiger partial charge on any atom is 0.232 e. The normalized spacial score (nSPS) is 10.4. The smallest absolute Gasteiger partial charge is 0.232 e. The van der Waals surface area contributed by atoms with Crippen molar-refractivity contribution >= 4 is 15.9 Å². The van der Waals surface area contributed by atoms with E-state index in [-0.39, 0.29) is 0 Å². The molecule has 0 atom stereocenters. The molecule has 20 heavy (non-hydrogen) atoms. The molecule has 0 aliphatic carbocycles. The summed E-state index contributed by atoms with van der Waals surface area (Å²) in [6.45, 7) is 0.301. The van der Waals surface area contributed by atoms with Gasteiger partial charge < -0.3 is 9.15 Å². The van der Waals surface area contributed by atoms with Crippen molar-refractivity contribution in [1.82, 2.24) is 4.98 Å². The van der Waals surface area contributed by atoms with Crippen molar-refractivity contribution < 1.29 is 9.15 Å². The zero-order valence-electron chi connectivity index (χ0n) is 10.6. The number of oxazole rings is 1. The SMILES string of the molecule is Brc1ccccc1OCc1ncc(-c2ccccc2)o1.